The first-order valence-corrected chi connectivity index (χ1v) is 8.88. The average molecular weight is 406 g/mol. The topological polar surface area (TPSA) is 67.6 Å². The number of amides is 1. The van der Waals surface area contributed by atoms with E-state index < -0.39 is 0 Å². The smallest absolute Gasteiger partial charge is 0.224 e. The number of carbonyl (C=O) groups excluding carboxylic acids is 1. The predicted molar refractivity (Wildman–Crippen MR) is 111 cm³/mol. The maximum absolute atomic E-state index is 12.0. The van der Waals surface area contributed by atoms with Gasteiger partial charge in [-0.05, 0) is 56.5 Å². The molecule has 0 radical (unpaired) electrons. The molecule has 1 heterocycles. The van der Waals surface area contributed by atoms with Gasteiger partial charge < -0.3 is 15.8 Å². The maximum atomic E-state index is 12.0. The molecule has 150 valence electrons. The van der Waals surface area contributed by atoms with E-state index in [1.165, 1.54) is 5.56 Å². The molecule has 2 atom stereocenters. The van der Waals surface area contributed by atoms with Crippen molar-refractivity contribution in [3.05, 3.63) is 29.8 Å². The van der Waals surface area contributed by atoms with Crippen molar-refractivity contribution >= 4 is 30.7 Å². The SMILES string of the molecule is COc1ccc(CN2CCC(CNC(=O)C(C)C(C)N)CC2)cc1.Cl.Cl. The van der Waals surface area contributed by atoms with E-state index in [1.807, 2.05) is 26.0 Å². The van der Waals surface area contributed by atoms with Gasteiger partial charge in [0.15, 0.2) is 0 Å². The van der Waals surface area contributed by atoms with Crippen LogP contribution < -0.4 is 15.8 Å². The molecule has 1 aliphatic heterocycles. The highest BCUT2D eigenvalue weighted by Crippen LogP contribution is 2.20. The second kappa shape index (κ2) is 12.4. The predicted octanol–water partition coefficient (Wildman–Crippen LogP) is 2.85. The summed E-state index contributed by atoms with van der Waals surface area (Å²) in [6, 6.07) is 8.17. The maximum Gasteiger partial charge on any atom is 0.224 e. The molecule has 0 aliphatic carbocycles. The third kappa shape index (κ3) is 7.70. The number of benzene rings is 1. The van der Waals surface area contributed by atoms with Crippen molar-refractivity contribution in [3.8, 4) is 5.75 Å². The molecule has 1 saturated heterocycles. The third-order valence-electron chi connectivity index (χ3n) is 5.04. The van der Waals surface area contributed by atoms with Crippen molar-refractivity contribution in [2.75, 3.05) is 26.7 Å². The van der Waals surface area contributed by atoms with E-state index in [0.717, 1.165) is 44.8 Å². The number of rotatable bonds is 7. The lowest BCUT2D eigenvalue weighted by Gasteiger charge is -2.32. The lowest BCUT2D eigenvalue weighted by Crippen LogP contribution is -2.42. The van der Waals surface area contributed by atoms with Crippen LogP contribution in [-0.4, -0.2) is 43.6 Å². The lowest BCUT2D eigenvalue weighted by molar-refractivity contribution is -0.125. The zero-order chi connectivity index (χ0) is 17.5. The molecule has 7 heteroatoms. The van der Waals surface area contributed by atoms with Gasteiger partial charge in [0.05, 0.1) is 7.11 Å². The van der Waals surface area contributed by atoms with Gasteiger partial charge in [0.25, 0.3) is 0 Å². The molecule has 5 nitrogen and oxygen atoms in total. The van der Waals surface area contributed by atoms with Gasteiger partial charge in [0.2, 0.25) is 5.91 Å². The van der Waals surface area contributed by atoms with Gasteiger partial charge in [-0.2, -0.15) is 0 Å². The van der Waals surface area contributed by atoms with Crippen LogP contribution in [0.1, 0.15) is 32.3 Å². The Hall–Kier alpha value is -1.01. The number of nitrogens with two attached hydrogens (primary N) is 1. The number of nitrogens with zero attached hydrogens (tertiary/aromatic N) is 1. The van der Waals surface area contributed by atoms with Crippen LogP contribution in [0.15, 0.2) is 24.3 Å². The third-order valence-corrected chi connectivity index (χ3v) is 5.04. The number of piperidine rings is 1. The summed E-state index contributed by atoms with van der Waals surface area (Å²) in [5.74, 6) is 1.42. The lowest BCUT2D eigenvalue weighted by atomic mass is 9.95. The van der Waals surface area contributed by atoms with Crippen LogP contribution >= 0.6 is 24.8 Å². The number of halogens is 2. The highest BCUT2D eigenvalue weighted by atomic mass is 35.5. The van der Waals surface area contributed by atoms with Crippen molar-refractivity contribution < 1.29 is 9.53 Å². The van der Waals surface area contributed by atoms with Crippen LogP contribution in [0.2, 0.25) is 0 Å². The van der Waals surface area contributed by atoms with Gasteiger partial charge in [-0.1, -0.05) is 19.1 Å². The second-order valence-electron chi connectivity index (χ2n) is 6.96. The molecule has 2 unspecified atom stereocenters. The first kappa shape index (κ1) is 25.0. The minimum absolute atomic E-state index is 0. The molecule has 1 amide bonds. The Balaban J connectivity index is 0.00000312. The molecule has 2 rings (SSSR count). The highest BCUT2D eigenvalue weighted by Gasteiger charge is 2.22. The first-order chi connectivity index (χ1) is 11.5. The van der Waals surface area contributed by atoms with E-state index in [4.69, 9.17) is 10.5 Å². The number of nitrogens with one attached hydrogen (secondary N) is 1. The molecule has 0 saturated carbocycles. The molecule has 0 spiro atoms. The Kier molecular flexibility index (Phi) is 11.9. The number of methoxy groups -OCH3 is 1. The number of likely N-dealkylation sites (tertiary alicyclic amines) is 1. The number of hydrogen-bond acceptors (Lipinski definition) is 4. The molecule has 1 aliphatic rings. The van der Waals surface area contributed by atoms with Crippen molar-refractivity contribution in [1.29, 1.82) is 0 Å². The van der Waals surface area contributed by atoms with Gasteiger partial charge in [0, 0.05) is 25.0 Å². The second-order valence-corrected chi connectivity index (χ2v) is 6.96. The standard InChI is InChI=1S/C19H31N3O2.2ClH/c1-14(15(2)20)19(23)21-12-16-8-10-22(11-9-16)13-17-4-6-18(24-3)7-5-17;;/h4-7,14-16H,8-13,20H2,1-3H3,(H,21,23);2*1H. The van der Waals surface area contributed by atoms with E-state index in [0.29, 0.717) is 5.92 Å². The van der Waals surface area contributed by atoms with Crippen LogP contribution in [0.25, 0.3) is 0 Å². The Morgan fingerprint density at radius 2 is 1.81 bits per heavy atom. The van der Waals surface area contributed by atoms with Crippen molar-refractivity contribution in [3.63, 3.8) is 0 Å². The number of ether oxygens (including phenoxy) is 1. The zero-order valence-corrected chi connectivity index (χ0v) is 17.6. The quantitative estimate of drug-likeness (QED) is 0.731. The molecular formula is C19H33Cl2N3O2. The number of carbonyl (C=O) groups is 1. The fourth-order valence-electron chi connectivity index (χ4n) is 2.98. The summed E-state index contributed by atoms with van der Waals surface area (Å²) in [7, 11) is 1.69. The van der Waals surface area contributed by atoms with E-state index in [2.05, 4.69) is 22.3 Å². The minimum atomic E-state index is -0.125. The molecule has 1 fully saturated rings. The van der Waals surface area contributed by atoms with Crippen LogP contribution in [0.5, 0.6) is 5.75 Å². The van der Waals surface area contributed by atoms with E-state index >= 15 is 0 Å². The van der Waals surface area contributed by atoms with Crippen molar-refractivity contribution in [2.45, 2.75) is 39.3 Å². The van der Waals surface area contributed by atoms with Gasteiger partial charge in [-0.15, -0.1) is 24.8 Å². The molecular weight excluding hydrogens is 373 g/mol. The summed E-state index contributed by atoms with van der Waals surface area (Å²) in [5, 5.41) is 3.06. The fraction of sp³-hybridized carbons (Fsp3) is 0.632. The largest absolute Gasteiger partial charge is 0.497 e. The average Bonchev–Trinajstić information content (AvgIpc) is 2.60. The summed E-state index contributed by atoms with van der Waals surface area (Å²) >= 11 is 0. The Morgan fingerprint density at radius 3 is 2.31 bits per heavy atom. The van der Waals surface area contributed by atoms with Gasteiger partial charge in [-0.25, -0.2) is 0 Å². The molecule has 1 aromatic carbocycles. The number of hydrogen-bond donors (Lipinski definition) is 2. The molecule has 0 aromatic heterocycles. The molecule has 1 aromatic rings. The van der Waals surface area contributed by atoms with Gasteiger partial charge >= 0.3 is 0 Å². The first-order valence-electron chi connectivity index (χ1n) is 8.88. The Morgan fingerprint density at radius 1 is 1.23 bits per heavy atom. The fourth-order valence-corrected chi connectivity index (χ4v) is 2.98. The van der Waals surface area contributed by atoms with Crippen LogP contribution in [0.4, 0.5) is 0 Å². The van der Waals surface area contributed by atoms with E-state index in [1.54, 1.807) is 7.11 Å². The van der Waals surface area contributed by atoms with Crippen LogP contribution in [-0.2, 0) is 11.3 Å². The Bertz CT molecular complexity index is 518. The van der Waals surface area contributed by atoms with Crippen LogP contribution in [0, 0.1) is 11.8 Å². The van der Waals surface area contributed by atoms with E-state index in [9.17, 15) is 4.79 Å². The summed E-state index contributed by atoms with van der Waals surface area (Å²) < 4.78 is 5.19. The van der Waals surface area contributed by atoms with Gasteiger partial charge in [-0.3, -0.25) is 9.69 Å². The van der Waals surface area contributed by atoms with Gasteiger partial charge in [0.1, 0.15) is 5.75 Å². The monoisotopic (exact) mass is 405 g/mol. The highest BCUT2D eigenvalue weighted by molar-refractivity contribution is 5.85. The molecule has 3 N–H and O–H groups in total. The summed E-state index contributed by atoms with van der Waals surface area (Å²) in [5.41, 5.74) is 7.09. The normalized spacial score (nSPS) is 17.4. The molecule has 0 bridgehead atoms. The summed E-state index contributed by atoms with van der Waals surface area (Å²) in [6.07, 6.45) is 2.26. The Labute approximate surface area is 169 Å². The van der Waals surface area contributed by atoms with Crippen LogP contribution in [0.3, 0.4) is 0 Å². The van der Waals surface area contributed by atoms with E-state index in [-0.39, 0.29) is 42.7 Å². The summed E-state index contributed by atoms with van der Waals surface area (Å²) in [4.78, 5) is 14.5. The molecule has 26 heavy (non-hydrogen) atoms. The minimum Gasteiger partial charge on any atom is -0.497 e. The summed E-state index contributed by atoms with van der Waals surface area (Å²) in [6.45, 7) is 7.67. The zero-order valence-electron chi connectivity index (χ0n) is 15.9. The van der Waals surface area contributed by atoms with Crippen molar-refractivity contribution in [1.82, 2.24) is 10.2 Å². The van der Waals surface area contributed by atoms with Crippen molar-refractivity contribution in [2.24, 2.45) is 17.6 Å².